The van der Waals surface area contributed by atoms with Crippen LogP contribution in [-0.4, -0.2) is 43.2 Å². The van der Waals surface area contributed by atoms with Crippen LogP contribution in [0.2, 0.25) is 0 Å². The Balaban J connectivity index is 2.23. The molecule has 0 spiro atoms. The molecule has 5 N–H and O–H groups in total. The van der Waals surface area contributed by atoms with Crippen molar-refractivity contribution in [2.45, 2.75) is 44.2 Å². The lowest BCUT2D eigenvalue weighted by Crippen LogP contribution is -2.52. The van der Waals surface area contributed by atoms with E-state index in [1.165, 1.54) is 31.2 Å². The van der Waals surface area contributed by atoms with Crippen molar-refractivity contribution in [2.24, 2.45) is 11.8 Å². The Kier molecular flexibility index (Phi) is 9.63. The lowest BCUT2D eigenvalue weighted by atomic mass is 10.0. The molecule has 3 atom stereocenters. The number of hydrazine groups is 1. The quantitative estimate of drug-likeness (QED) is 0.101. The number of phosphoric acid groups is 1. The highest BCUT2D eigenvalue weighted by atomic mass is 32.2. The molecule has 0 heterocycles. The van der Waals surface area contributed by atoms with Gasteiger partial charge in [-0.15, -0.1) is 0 Å². The Morgan fingerprint density at radius 3 is 2.24 bits per heavy atom. The molecule has 2 rings (SSSR count). The van der Waals surface area contributed by atoms with Gasteiger partial charge in [-0.05, 0) is 49.1 Å². The Hall–Kier alpha value is -2.47. The zero-order valence-corrected chi connectivity index (χ0v) is 20.8. The fraction of sp³-hybridized carbons (Fsp3) is 0.381. The van der Waals surface area contributed by atoms with Gasteiger partial charge in [-0.2, -0.15) is 8.42 Å². The van der Waals surface area contributed by atoms with Crippen molar-refractivity contribution < 1.29 is 35.9 Å². The zero-order valence-electron chi connectivity index (χ0n) is 19.1. The second-order valence-electron chi connectivity index (χ2n) is 8.01. The van der Waals surface area contributed by atoms with Crippen LogP contribution < -0.4 is 11.6 Å². The van der Waals surface area contributed by atoms with E-state index in [4.69, 9.17) is 20.6 Å². The van der Waals surface area contributed by atoms with E-state index in [0.717, 1.165) is 0 Å². The molecule has 0 aliphatic rings. The summed E-state index contributed by atoms with van der Waals surface area (Å²) in [6.07, 6.45) is -2.47. The number of carbonyl (C=O) groups is 1. The number of phosphoric ester groups is 1. The van der Waals surface area contributed by atoms with Crippen molar-refractivity contribution in [3.63, 3.8) is 0 Å². The number of benzene rings is 2. The van der Waals surface area contributed by atoms with Gasteiger partial charge in [0.1, 0.15) is 4.90 Å². The monoisotopic (exact) mass is 515 g/mol. The third-order valence-electron chi connectivity index (χ3n) is 4.62. The maximum absolute atomic E-state index is 12.7. The van der Waals surface area contributed by atoms with E-state index in [2.05, 4.69) is 4.18 Å². The van der Waals surface area contributed by atoms with Gasteiger partial charge in [-0.3, -0.25) is 9.05 Å². The van der Waals surface area contributed by atoms with E-state index >= 15 is 0 Å². The van der Waals surface area contributed by atoms with E-state index in [0.29, 0.717) is 16.3 Å². The number of hydrogen-bond donors (Lipinski definition) is 3. The first-order valence-electron chi connectivity index (χ1n) is 10.4. The molecule has 3 unspecified atom stereocenters. The van der Waals surface area contributed by atoms with Crippen molar-refractivity contribution in [3.05, 3.63) is 60.2 Å². The van der Waals surface area contributed by atoms with Crippen molar-refractivity contribution in [3.8, 4) is 0 Å². The van der Waals surface area contributed by atoms with Crippen LogP contribution in [0.25, 0.3) is 0 Å². The minimum atomic E-state index is -4.50. The van der Waals surface area contributed by atoms with E-state index in [1.54, 1.807) is 44.2 Å². The number of nitrogens with two attached hydrogens (primary N) is 2. The van der Waals surface area contributed by atoms with Gasteiger partial charge in [0.15, 0.2) is 0 Å². The van der Waals surface area contributed by atoms with Gasteiger partial charge in [0.2, 0.25) is 0 Å². The summed E-state index contributed by atoms with van der Waals surface area (Å²) >= 11 is 0. The minimum Gasteiger partial charge on any atom is -0.399 e. The van der Waals surface area contributed by atoms with Gasteiger partial charge in [-0.1, -0.05) is 44.2 Å². The van der Waals surface area contributed by atoms with E-state index in [9.17, 15) is 22.7 Å². The lowest BCUT2D eigenvalue weighted by molar-refractivity contribution is 0.0430. The lowest BCUT2D eigenvalue weighted by Gasteiger charge is -2.32. The minimum absolute atomic E-state index is 0.0287. The van der Waals surface area contributed by atoms with E-state index in [1.807, 2.05) is 0 Å². The van der Waals surface area contributed by atoms with Crippen LogP contribution in [0.5, 0.6) is 0 Å². The molecule has 0 aromatic heterocycles. The van der Waals surface area contributed by atoms with Crippen LogP contribution in [0.4, 0.5) is 10.5 Å². The van der Waals surface area contributed by atoms with Crippen molar-refractivity contribution >= 4 is 29.7 Å². The molecule has 0 aliphatic carbocycles. The van der Waals surface area contributed by atoms with Gasteiger partial charge < -0.3 is 14.8 Å². The highest BCUT2D eigenvalue weighted by Crippen LogP contribution is 2.45. The Morgan fingerprint density at radius 2 is 1.68 bits per heavy atom. The number of amides is 1. The summed E-state index contributed by atoms with van der Waals surface area (Å²) in [4.78, 5) is 22.4. The number of anilines is 1. The first-order chi connectivity index (χ1) is 15.8. The molecule has 1 amide bonds. The first kappa shape index (κ1) is 27.8. The summed E-state index contributed by atoms with van der Waals surface area (Å²) in [5.74, 6) is 5.91. The molecular formula is C21H30N3O8PS. The smallest absolute Gasteiger partial charge is 0.399 e. The van der Waals surface area contributed by atoms with Crippen molar-refractivity contribution in [1.82, 2.24) is 5.01 Å². The summed E-state index contributed by atoms with van der Waals surface area (Å²) in [6, 6.07) is 12.7. The average Bonchev–Trinajstić information content (AvgIpc) is 2.76. The predicted octanol–water partition coefficient (Wildman–Crippen LogP) is 3.06. The molecule has 0 saturated heterocycles. The number of rotatable bonds is 11. The topological polar surface area (TPSA) is 171 Å². The maximum atomic E-state index is 12.7. The van der Waals surface area contributed by atoms with E-state index in [-0.39, 0.29) is 23.8 Å². The van der Waals surface area contributed by atoms with Crippen LogP contribution in [0.1, 0.15) is 26.3 Å². The zero-order chi connectivity index (χ0) is 25.5. The van der Waals surface area contributed by atoms with Crippen LogP contribution in [0.15, 0.2) is 59.5 Å². The van der Waals surface area contributed by atoms with Crippen molar-refractivity contribution in [1.29, 1.82) is 0 Å². The van der Waals surface area contributed by atoms with Gasteiger partial charge in [0.25, 0.3) is 0 Å². The average molecular weight is 516 g/mol. The van der Waals surface area contributed by atoms with Gasteiger partial charge >= 0.3 is 24.0 Å². The molecule has 188 valence electrons. The second kappa shape index (κ2) is 11.8. The van der Waals surface area contributed by atoms with Gasteiger partial charge in [0.05, 0.1) is 18.8 Å². The molecule has 34 heavy (non-hydrogen) atoms. The van der Waals surface area contributed by atoms with Crippen LogP contribution in [-0.2, 0) is 34.3 Å². The summed E-state index contributed by atoms with van der Waals surface area (Å²) in [7, 11) is -8.99. The number of hydrogen-bond acceptors (Lipinski definition) is 9. The van der Waals surface area contributed by atoms with Gasteiger partial charge in [0, 0.05) is 5.69 Å². The molecule has 11 nitrogen and oxygen atoms in total. The van der Waals surface area contributed by atoms with Crippen LogP contribution in [0.3, 0.4) is 0 Å². The normalized spacial score (nSPS) is 15.4. The van der Waals surface area contributed by atoms with Crippen LogP contribution in [0, 0.1) is 5.92 Å². The summed E-state index contributed by atoms with van der Waals surface area (Å²) < 4.78 is 52.2. The molecule has 13 heteroatoms. The number of nitrogens with zero attached hydrogens (tertiary/aromatic N) is 1. The second-order valence-corrected chi connectivity index (χ2v) is 11.0. The molecule has 2 aromatic carbocycles. The predicted molar refractivity (Wildman–Crippen MR) is 126 cm³/mol. The first-order valence-corrected chi connectivity index (χ1v) is 13.3. The summed E-state index contributed by atoms with van der Waals surface area (Å²) in [6.45, 7) is 4.97. The number of carbonyl (C=O) groups excluding carboxylic acids is 1. The molecule has 2 aromatic rings. The highest BCUT2D eigenvalue weighted by molar-refractivity contribution is 7.87. The number of nitrogen functional groups attached to an aromatic ring is 1. The fourth-order valence-corrected chi connectivity index (χ4v) is 4.80. The van der Waals surface area contributed by atoms with E-state index < -0.39 is 36.2 Å². The van der Waals surface area contributed by atoms with Crippen LogP contribution >= 0.6 is 7.82 Å². The highest BCUT2D eigenvalue weighted by Gasteiger charge is 2.36. The Bertz CT molecular complexity index is 1100. The van der Waals surface area contributed by atoms with Crippen molar-refractivity contribution in [2.75, 3.05) is 12.3 Å². The third kappa shape index (κ3) is 8.39. The largest absolute Gasteiger partial charge is 0.472 e. The maximum Gasteiger partial charge on any atom is 0.472 e. The molecule has 0 fully saturated rings. The SMILES string of the molecule is CC(C)COP(=O)(O)OC(C)C(Cc1ccccc1)N(N)C(=O)OS(=O)(=O)c1ccc(N)cc1. The third-order valence-corrected chi connectivity index (χ3v) is 6.90. The molecule has 0 radical (unpaired) electrons. The molecule has 0 aliphatic heterocycles. The fourth-order valence-electron chi connectivity index (χ4n) is 2.86. The molecule has 0 bridgehead atoms. The Labute approximate surface area is 199 Å². The molecule has 0 saturated carbocycles. The van der Waals surface area contributed by atoms with Gasteiger partial charge in [-0.25, -0.2) is 20.2 Å². The summed E-state index contributed by atoms with van der Waals surface area (Å²) in [5.41, 5.74) is 6.59. The standard InChI is InChI=1S/C21H30N3O8PS/c1-15(2)14-30-33(26,27)31-16(3)20(13-17-7-5-4-6-8-17)24(23)21(25)32-34(28,29)19-11-9-18(22)10-12-19/h4-12,15-16,20H,13-14,22-23H2,1-3H3,(H,26,27). The summed E-state index contributed by atoms with van der Waals surface area (Å²) in [5, 5.41) is 0.523. The molecular weight excluding hydrogens is 485 g/mol. The Morgan fingerprint density at radius 1 is 1.09 bits per heavy atom.